The maximum absolute atomic E-state index is 14.7. The summed E-state index contributed by atoms with van der Waals surface area (Å²) < 4.78 is 28.5. The second-order valence-corrected chi connectivity index (χ2v) is 15.9. The Morgan fingerprint density at radius 2 is 1.33 bits per heavy atom. The summed E-state index contributed by atoms with van der Waals surface area (Å²) in [5.74, 6) is -9.79. The Labute approximate surface area is 325 Å². The van der Waals surface area contributed by atoms with Crippen molar-refractivity contribution in [1.29, 1.82) is 0 Å². The summed E-state index contributed by atoms with van der Waals surface area (Å²) in [6, 6.07) is 2.60. The van der Waals surface area contributed by atoms with Crippen LogP contribution in [0.3, 0.4) is 0 Å². The van der Waals surface area contributed by atoms with E-state index in [9.17, 15) is 60.3 Å². The molecule has 0 saturated carbocycles. The van der Waals surface area contributed by atoms with Gasteiger partial charge in [-0.1, -0.05) is 20.8 Å². The molecule has 0 spiro atoms. The van der Waals surface area contributed by atoms with E-state index in [-0.39, 0.29) is 39.8 Å². The molecule has 2 aromatic carbocycles. The van der Waals surface area contributed by atoms with Crippen LogP contribution in [0.15, 0.2) is 35.2 Å². The molecular formula is C40H46O17. The zero-order chi connectivity index (χ0) is 42.0. The Balaban J connectivity index is 1.35. The minimum atomic E-state index is -2.50. The molecule has 7 rings (SSSR count). The number of aryl methyl sites for hydroxylation is 2. The molecule has 3 heterocycles. The summed E-state index contributed by atoms with van der Waals surface area (Å²) in [4.78, 5) is 42.4. The predicted octanol–water partition coefficient (Wildman–Crippen LogP) is 2.11. The number of carbonyl (C=O) groups excluding carboxylic acids is 3. The number of hydrogen-bond acceptors (Lipinski definition) is 17. The number of carbonyl (C=O) groups is 3. The molecule has 308 valence electrons. The molecule has 3 aliphatic heterocycles. The van der Waals surface area contributed by atoms with Gasteiger partial charge >= 0.3 is 5.97 Å². The van der Waals surface area contributed by atoms with Crippen LogP contribution in [0.2, 0.25) is 0 Å². The number of ether oxygens (including phenoxy) is 5. The highest BCUT2D eigenvalue weighted by Crippen LogP contribution is 2.60. The van der Waals surface area contributed by atoms with E-state index in [1.165, 1.54) is 32.9 Å². The number of ketones is 2. The molecule has 9 N–H and O–H groups in total. The molecule has 0 bridgehead atoms. The normalized spacial score (nSPS) is 36.1. The van der Waals surface area contributed by atoms with E-state index in [0.29, 0.717) is 0 Å². The number of phenols is 2. The third-order valence-corrected chi connectivity index (χ3v) is 12.6. The van der Waals surface area contributed by atoms with Gasteiger partial charge in [0, 0.05) is 23.5 Å². The summed E-state index contributed by atoms with van der Waals surface area (Å²) in [6.07, 6.45) is -10.8. The number of benzene rings is 2. The Morgan fingerprint density at radius 3 is 1.89 bits per heavy atom. The minimum absolute atomic E-state index is 0.0992. The van der Waals surface area contributed by atoms with Gasteiger partial charge in [-0.15, -0.1) is 0 Å². The van der Waals surface area contributed by atoms with Crippen LogP contribution in [0.25, 0.3) is 11.1 Å². The summed E-state index contributed by atoms with van der Waals surface area (Å²) in [7, 11) is 1.01. The number of hydrogen-bond donors (Lipinski definition) is 9. The molecule has 57 heavy (non-hydrogen) atoms. The highest BCUT2D eigenvalue weighted by Gasteiger charge is 2.67. The number of rotatable bonds is 5. The van der Waals surface area contributed by atoms with Crippen LogP contribution in [-0.4, -0.2) is 120 Å². The second-order valence-electron chi connectivity index (χ2n) is 15.9. The van der Waals surface area contributed by atoms with Gasteiger partial charge in [0.1, 0.15) is 35.2 Å². The van der Waals surface area contributed by atoms with Crippen LogP contribution in [0.5, 0.6) is 23.0 Å². The molecule has 2 aliphatic carbocycles. The van der Waals surface area contributed by atoms with Gasteiger partial charge in [0.15, 0.2) is 52.4 Å². The van der Waals surface area contributed by atoms with Crippen LogP contribution in [0, 0.1) is 42.4 Å². The first kappa shape index (κ1) is 40.4. The van der Waals surface area contributed by atoms with Crippen molar-refractivity contribution in [3.05, 3.63) is 57.4 Å². The average Bonchev–Trinajstić information content (AvgIpc) is 3.17. The first-order valence-corrected chi connectivity index (χ1v) is 18.5. The summed E-state index contributed by atoms with van der Waals surface area (Å²) >= 11 is 0. The number of methoxy groups -OCH3 is 1. The highest BCUT2D eigenvalue weighted by molar-refractivity contribution is 6.19. The number of Topliss-reactive ketones (excluding diaryl/α,β-unsaturated/α-hetero) is 2. The number of fused-ring (bicyclic) bond motifs is 4. The van der Waals surface area contributed by atoms with E-state index in [0.717, 1.165) is 7.11 Å². The fourth-order valence-corrected chi connectivity index (χ4v) is 9.05. The highest BCUT2D eigenvalue weighted by atomic mass is 16.7. The van der Waals surface area contributed by atoms with Crippen LogP contribution in [0.4, 0.5) is 0 Å². The molecule has 1 fully saturated rings. The van der Waals surface area contributed by atoms with Crippen LogP contribution in [-0.2, 0) is 19.0 Å². The van der Waals surface area contributed by atoms with Crippen molar-refractivity contribution >= 4 is 17.5 Å². The van der Waals surface area contributed by atoms with Crippen molar-refractivity contribution in [2.45, 2.75) is 90.9 Å². The Hall–Kier alpha value is -4.75. The number of aliphatic hydroxyl groups excluding tert-OH is 7. The van der Waals surface area contributed by atoms with E-state index in [1.54, 1.807) is 20.8 Å². The molecule has 0 aromatic heterocycles. The van der Waals surface area contributed by atoms with Crippen molar-refractivity contribution < 1.29 is 84.0 Å². The molecular weight excluding hydrogens is 752 g/mol. The average molecular weight is 799 g/mol. The zero-order valence-electron chi connectivity index (χ0n) is 32.1. The quantitative estimate of drug-likeness (QED) is 0.155. The molecule has 0 amide bonds. The molecule has 0 radical (unpaired) electrons. The number of aromatic hydroxyl groups is 2. The molecule has 17 heteroatoms. The largest absolute Gasteiger partial charge is 0.509 e. The maximum atomic E-state index is 14.7. The number of phenolic OH excluding ortho intramolecular Hbond substituents is 2. The standard InChI is InChI=1S/C40H46O17/c1-12-8-18-29(56-35-20(41)10-14(3)31(48)39(35,33(18)50)11-54-37-28(47)27(46)24(43)17(6)55-37)25(44)21(12)22-13(2)9-19-30(26(22)45)57-36-23(42)15(4)16(5)32(49)40(36,34(19)51)38(52)53-7/h8-9,14-17,24,27-28,31-32,37,41-49H,10-11H2,1-7H3. The Kier molecular flexibility index (Phi) is 9.71. The Morgan fingerprint density at radius 1 is 0.789 bits per heavy atom. The van der Waals surface area contributed by atoms with Crippen molar-refractivity contribution in [2.24, 2.45) is 28.6 Å². The molecule has 5 aliphatic rings. The van der Waals surface area contributed by atoms with Gasteiger partial charge in [0.05, 0.1) is 43.2 Å². The lowest BCUT2D eigenvalue weighted by Crippen LogP contribution is -2.60. The summed E-state index contributed by atoms with van der Waals surface area (Å²) in [5.41, 5.74) is -5.10. The van der Waals surface area contributed by atoms with Gasteiger partial charge in [0.2, 0.25) is 5.41 Å². The monoisotopic (exact) mass is 798 g/mol. The lowest BCUT2D eigenvalue weighted by Gasteiger charge is -2.47. The fourth-order valence-electron chi connectivity index (χ4n) is 9.05. The maximum Gasteiger partial charge on any atom is 0.330 e. The topological polar surface area (TPSA) is 279 Å². The van der Waals surface area contributed by atoms with Crippen molar-refractivity contribution in [3.8, 4) is 34.1 Å². The van der Waals surface area contributed by atoms with E-state index in [2.05, 4.69) is 0 Å². The summed E-state index contributed by atoms with van der Waals surface area (Å²) in [6.45, 7) is 8.35. The zero-order valence-corrected chi connectivity index (χ0v) is 32.1. The smallest absolute Gasteiger partial charge is 0.330 e. The minimum Gasteiger partial charge on any atom is -0.509 e. The molecule has 12 unspecified atom stereocenters. The van der Waals surface area contributed by atoms with Gasteiger partial charge in [-0.2, -0.15) is 0 Å². The number of esters is 1. The van der Waals surface area contributed by atoms with Gasteiger partial charge < -0.3 is 69.6 Å². The van der Waals surface area contributed by atoms with Crippen LogP contribution < -0.4 is 9.47 Å². The third kappa shape index (κ3) is 5.29. The van der Waals surface area contributed by atoms with Crippen LogP contribution >= 0.6 is 0 Å². The Bertz CT molecular complexity index is 2160. The fraction of sp³-hybridized carbons (Fsp3) is 0.525. The first-order valence-electron chi connectivity index (χ1n) is 18.5. The van der Waals surface area contributed by atoms with Crippen LogP contribution in [0.1, 0.15) is 66.0 Å². The predicted molar refractivity (Wildman–Crippen MR) is 193 cm³/mol. The van der Waals surface area contributed by atoms with Gasteiger partial charge in [0.25, 0.3) is 0 Å². The van der Waals surface area contributed by atoms with E-state index in [4.69, 9.17) is 23.7 Å². The van der Waals surface area contributed by atoms with E-state index >= 15 is 0 Å². The second kappa shape index (κ2) is 13.7. The third-order valence-electron chi connectivity index (χ3n) is 12.6. The first-order chi connectivity index (χ1) is 26.7. The SMILES string of the molecule is COC(=O)C12C(=O)c3cc(C)c(-c4c(C)cc5c(c4O)OC4=C(O)CC(C)C(O)C4(COC4OC(C)C(O)C(O)C4O)C5=O)c(O)c3OC1=C(O)C(C)C(C)C2O. The lowest BCUT2D eigenvalue weighted by molar-refractivity contribution is -0.299. The molecule has 17 nitrogen and oxygen atoms in total. The van der Waals surface area contributed by atoms with Crippen molar-refractivity contribution in [3.63, 3.8) is 0 Å². The van der Waals surface area contributed by atoms with Gasteiger partial charge in [-0.25, -0.2) is 0 Å². The van der Waals surface area contributed by atoms with Gasteiger partial charge in [-0.3, -0.25) is 14.4 Å². The summed E-state index contributed by atoms with van der Waals surface area (Å²) in [5, 5.41) is 101. The number of aliphatic hydroxyl groups is 7. The lowest BCUT2D eigenvalue weighted by atomic mass is 9.62. The van der Waals surface area contributed by atoms with Crippen molar-refractivity contribution in [2.75, 3.05) is 13.7 Å². The van der Waals surface area contributed by atoms with Crippen molar-refractivity contribution in [1.82, 2.24) is 0 Å². The van der Waals surface area contributed by atoms with E-state index in [1.807, 2.05) is 0 Å². The number of allylic oxidation sites excluding steroid dienone is 2. The van der Waals surface area contributed by atoms with Gasteiger partial charge in [-0.05, 0) is 55.9 Å². The van der Waals surface area contributed by atoms with E-state index < -0.39 is 142 Å². The molecule has 1 saturated heterocycles. The molecule has 2 aromatic rings. The molecule has 12 atom stereocenters.